The molecule has 2 rings (SSSR count). The number of anilines is 1. The van der Waals surface area contributed by atoms with Crippen LogP contribution in [0.2, 0.25) is 0 Å². The lowest BCUT2D eigenvalue weighted by atomic mass is 10.0. The Bertz CT molecular complexity index is 546. The van der Waals surface area contributed by atoms with Crippen LogP contribution in [0.1, 0.15) is 25.8 Å². The molecule has 2 heteroatoms. The number of aryl methyl sites for hydroxylation is 1. The molecule has 1 N–H and O–H groups in total. The first-order valence-corrected chi connectivity index (χ1v) is 5.99. The minimum atomic E-state index is -0.0352. The van der Waals surface area contributed by atoms with Gasteiger partial charge in [0, 0.05) is 12.6 Å². The number of benzene rings is 2. The number of carbonyl (C=O) groups is 1. The monoisotopic (exact) mass is 227 g/mol. The molecule has 2 aromatic carbocycles. The Hall–Kier alpha value is -1.83. The SMILES string of the molecule is CCCc1ccc2cc(NC(C)=O)ccc2c1. The Morgan fingerprint density at radius 1 is 1.12 bits per heavy atom. The molecule has 0 spiro atoms. The molecule has 88 valence electrons. The summed E-state index contributed by atoms with van der Waals surface area (Å²) < 4.78 is 0. The molecule has 0 saturated heterocycles. The fourth-order valence-electron chi connectivity index (χ4n) is 2.02. The molecule has 0 aliphatic carbocycles. The molecule has 17 heavy (non-hydrogen) atoms. The molecule has 0 bridgehead atoms. The fraction of sp³-hybridized carbons (Fsp3) is 0.267. The molecule has 0 unspecified atom stereocenters. The zero-order valence-electron chi connectivity index (χ0n) is 10.3. The van der Waals surface area contributed by atoms with Gasteiger partial charge in [-0.25, -0.2) is 0 Å². The van der Waals surface area contributed by atoms with Crippen LogP contribution >= 0.6 is 0 Å². The second-order valence-corrected chi connectivity index (χ2v) is 4.33. The van der Waals surface area contributed by atoms with Gasteiger partial charge in [0.15, 0.2) is 0 Å². The van der Waals surface area contributed by atoms with E-state index in [-0.39, 0.29) is 5.91 Å². The number of amides is 1. The highest BCUT2D eigenvalue weighted by atomic mass is 16.1. The Labute approximate surface area is 102 Å². The maximum absolute atomic E-state index is 11.0. The summed E-state index contributed by atoms with van der Waals surface area (Å²) in [6.07, 6.45) is 2.28. The van der Waals surface area contributed by atoms with E-state index in [1.54, 1.807) is 0 Å². The van der Waals surface area contributed by atoms with Crippen molar-refractivity contribution >= 4 is 22.4 Å². The number of hydrogen-bond donors (Lipinski definition) is 1. The molecular weight excluding hydrogens is 210 g/mol. The molecule has 0 aliphatic rings. The van der Waals surface area contributed by atoms with Gasteiger partial charge in [-0.05, 0) is 34.9 Å². The summed E-state index contributed by atoms with van der Waals surface area (Å²) in [5.41, 5.74) is 2.22. The zero-order chi connectivity index (χ0) is 12.3. The molecule has 0 aliphatic heterocycles. The molecular formula is C15H17NO. The van der Waals surface area contributed by atoms with Crippen LogP contribution in [-0.2, 0) is 11.2 Å². The molecule has 0 radical (unpaired) electrons. The topological polar surface area (TPSA) is 29.1 Å². The van der Waals surface area contributed by atoms with E-state index in [4.69, 9.17) is 0 Å². The third kappa shape index (κ3) is 2.84. The van der Waals surface area contributed by atoms with Gasteiger partial charge in [-0.15, -0.1) is 0 Å². The highest BCUT2D eigenvalue weighted by molar-refractivity contribution is 5.93. The van der Waals surface area contributed by atoms with Gasteiger partial charge in [0.05, 0.1) is 0 Å². The lowest BCUT2D eigenvalue weighted by molar-refractivity contribution is -0.114. The van der Waals surface area contributed by atoms with Gasteiger partial charge in [0.25, 0.3) is 0 Å². The van der Waals surface area contributed by atoms with Gasteiger partial charge in [0.2, 0.25) is 5.91 Å². The highest BCUT2D eigenvalue weighted by Gasteiger charge is 1.99. The van der Waals surface area contributed by atoms with E-state index in [1.165, 1.54) is 17.9 Å². The number of fused-ring (bicyclic) bond motifs is 1. The smallest absolute Gasteiger partial charge is 0.221 e. The standard InChI is InChI=1S/C15H17NO/c1-3-4-12-5-6-14-10-15(16-11(2)17)8-7-13(14)9-12/h5-10H,3-4H2,1-2H3,(H,16,17). The van der Waals surface area contributed by atoms with E-state index >= 15 is 0 Å². The van der Waals surface area contributed by atoms with E-state index in [2.05, 4.69) is 36.5 Å². The quantitative estimate of drug-likeness (QED) is 0.850. The molecule has 0 atom stereocenters. The van der Waals surface area contributed by atoms with Crippen molar-refractivity contribution in [2.24, 2.45) is 0 Å². The second-order valence-electron chi connectivity index (χ2n) is 4.33. The Morgan fingerprint density at radius 2 is 1.82 bits per heavy atom. The minimum Gasteiger partial charge on any atom is -0.326 e. The average molecular weight is 227 g/mol. The number of nitrogens with one attached hydrogen (secondary N) is 1. The summed E-state index contributed by atoms with van der Waals surface area (Å²) >= 11 is 0. The predicted octanol–water partition coefficient (Wildman–Crippen LogP) is 3.75. The number of carbonyl (C=O) groups excluding carboxylic acids is 1. The lowest BCUT2D eigenvalue weighted by Crippen LogP contribution is -2.05. The highest BCUT2D eigenvalue weighted by Crippen LogP contribution is 2.21. The van der Waals surface area contributed by atoms with Gasteiger partial charge in [-0.3, -0.25) is 4.79 Å². The van der Waals surface area contributed by atoms with Crippen LogP contribution in [0.5, 0.6) is 0 Å². The van der Waals surface area contributed by atoms with Crippen LogP contribution in [0.25, 0.3) is 10.8 Å². The van der Waals surface area contributed by atoms with E-state index < -0.39 is 0 Å². The molecule has 1 amide bonds. The van der Waals surface area contributed by atoms with Crippen LogP contribution in [0.4, 0.5) is 5.69 Å². The largest absolute Gasteiger partial charge is 0.326 e. The van der Waals surface area contributed by atoms with E-state index in [0.717, 1.165) is 23.9 Å². The first kappa shape index (κ1) is 11.6. The van der Waals surface area contributed by atoms with Gasteiger partial charge >= 0.3 is 0 Å². The van der Waals surface area contributed by atoms with Crippen molar-refractivity contribution in [3.8, 4) is 0 Å². The Kier molecular flexibility index (Phi) is 3.43. The van der Waals surface area contributed by atoms with Crippen LogP contribution in [0.15, 0.2) is 36.4 Å². The number of hydrogen-bond acceptors (Lipinski definition) is 1. The molecule has 0 aromatic heterocycles. The maximum atomic E-state index is 11.0. The Morgan fingerprint density at radius 3 is 2.53 bits per heavy atom. The minimum absolute atomic E-state index is 0.0352. The molecule has 2 nitrogen and oxygen atoms in total. The maximum Gasteiger partial charge on any atom is 0.221 e. The summed E-state index contributed by atoms with van der Waals surface area (Å²) in [5, 5.41) is 5.19. The van der Waals surface area contributed by atoms with Gasteiger partial charge < -0.3 is 5.32 Å². The molecule has 2 aromatic rings. The summed E-state index contributed by atoms with van der Waals surface area (Å²) in [5.74, 6) is -0.0352. The fourth-order valence-corrected chi connectivity index (χ4v) is 2.02. The van der Waals surface area contributed by atoms with Crippen molar-refractivity contribution in [1.29, 1.82) is 0 Å². The number of rotatable bonds is 3. The second kappa shape index (κ2) is 5.00. The third-order valence-electron chi connectivity index (χ3n) is 2.76. The summed E-state index contributed by atoms with van der Waals surface area (Å²) in [6.45, 7) is 3.71. The summed E-state index contributed by atoms with van der Waals surface area (Å²) in [7, 11) is 0. The summed E-state index contributed by atoms with van der Waals surface area (Å²) in [4.78, 5) is 11.0. The first-order chi connectivity index (χ1) is 8.19. The van der Waals surface area contributed by atoms with Crippen molar-refractivity contribution in [3.05, 3.63) is 42.0 Å². The van der Waals surface area contributed by atoms with Crippen molar-refractivity contribution in [3.63, 3.8) is 0 Å². The summed E-state index contributed by atoms with van der Waals surface area (Å²) in [6, 6.07) is 12.5. The van der Waals surface area contributed by atoms with Gasteiger partial charge in [0.1, 0.15) is 0 Å². The predicted molar refractivity (Wildman–Crippen MR) is 72.2 cm³/mol. The van der Waals surface area contributed by atoms with Crippen LogP contribution < -0.4 is 5.32 Å². The first-order valence-electron chi connectivity index (χ1n) is 5.99. The zero-order valence-corrected chi connectivity index (χ0v) is 10.3. The van der Waals surface area contributed by atoms with Gasteiger partial charge in [-0.2, -0.15) is 0 Å². The normalized spacial score (nSPS) is 10.5. The van der Waals surface area contributed by atoms with Crippen molar-refractivity contribution in [2.75, 3.05) is 5.32 Å². The van der Waals surface area contributed by atoms with Crippen LogP contribution in [0.3, 0.4) is 0 Å². The van der Waals surface area contributed by atoms with Crippen LogP contribution in [-0.4, -0.2) is 5.91 Å². The Balaban J connectivity index is 2.36. The molecule has 0 saturated carbocycles. The molecule has 0 fully saturated rings. The average Bonchev–Trinajstić information content (AvgIpc) is 2.29. The van der Waals surface area contributed by atoms with E-state index in [0.29, 0.717) is 0 Å². The van der Waals surface area contributed by atoms with Crippen LogP contribution in [0, 0.1) is 0 Å². The van der Waals surface area contributed by atoms with Crippen molar-refractivity contribution in [1.82, 2.24) is 0 Å². The van der Waals surface area contributed by atoms with E-state index in [9.17, 15) is 4.79 Å². The van der Waals surface area contributed by atoms with Gasteiger partial charge in [-0.1, -0.05) is 37.6 Å². The molecule has 0 heterocycles. The third-order valence-corrected chi connectivity index (χ3v) is 2.76. The lowest BCUT2D eigenvalue weighted by Gasteiger charge is -2.06. The van der Waals surface area contributed by atoms with Crippen molar-refractivity contribution in [2.45, 2.75) is 26.7 Å². The van der Waals surface area contributed by atoms with E-state index in [1.807, 2.05) is 12.1 Å². The van der Waals surface area contributed by atoms with Crippen molar-refractivity contribution < 1.29 is 4.79 Å².